The van der Waals surface area contributed by atoms with Gasteiger partial charge in [-0.25, -0.2) is 4.79 Å². The Hall–Kier alpha value is -2.56. The molecule has 0 fully saturated rings. The minimum atomic E-state index is -0.732. The fraction of sp³-hybridized carbons (Fsp3) is 0. The number of hydrogen-bond acceptors (Lipinski definition) is 7. The van der Waals surface area contributed by atoms with Crippen molar-refractivity contribution in [3.05, 3.63) is 57.9 Å². The molecule has 0 bridgehead atoms. The maximum atomic E-state index is 11.9. The number of carbonyl (C=O) groups is 1. The first-order chi connectivity index (χ1) is 10.9. The second-order valence-electron chi connectivity index (χ2n) is 4.34. The molecule has 2 aromatic carbocycles. The van der Waals surface area contributed by atoms with E-state index in [9.17, 15) is 15.2 Å². The molecule has 0 aliphatic rings. The first-order valence-corrected chi connectivity index (χ1v) is 6.54. The first kappa shape index (κ1) is 16.8. The molecule has 9 nitrogen and oxygen atoms in total. The molecule has 0 radical (unpaired) electrons. The number of nitrogens with zero attached hydrogens (tertiary/aromatic N) is 2. The molecule has 122 valence electrons. The predicted molar refractivity (Wildman–Crippen MR) is 85.8 cm³/mol. The lowest BCUT2D eigenvalue weighted by Gasteiger charge is -2.38. The summed E-state index contributed by atoms with van der Waals surface area (Å²) in [6.07, 6.45) is 0. The molecule has 0 saturated carbocycles. The fourth-order valence-electron chi connectivity index (χ4n) is 1.74. The molecule has 0 atom stereocenters. The van der Waals surface area contributed by atoms with E-state index in [-0.39, 0.29) is 16.6 Å². The molecule has 0 saturated heterocycles. The quantitative estimate of drug-likeness (QED) is 0.628. The van der Waals surface area contributed by atoms with E-state index < -0.39 is 16.9 Å². The van der Waals surface area contributed by atoms with Crippen LogP contribution < -0.4 is 21.1 Å². The van der Waals surface area contributed by atoms with Crippen LogP contribution in [-0.2, 0) is 0 Å². The van der Waals surface area contributed by atoms with E-state index in [0.717, 1.165) is 18.2 Å². The monoisotopic (exact) mass is 338 g/mol. The van der Waals surface area contributed by atoms with Crippen molar-refractivity contribution in [1.82, 2.24) is 0 Å². The summed E-state index contributed by atoms with van der Waals surface area (Å²) in [6, 6.07) is 8.95. The molecule has 0 spiro atoms. The summed E-state index contributed by atoms with van der Waals surface area (Å²) in [5, 5.41) is 43.7. The molecule has 0 aliphatic carbocycles. The summed E-state index contributed by atoms with van der Waals surface area (Å²) in [4.78, 5) is 11.9. The molecule has 10 heteroatoms. The Bertz CT molecular complexity index is 684. The van der Waals surface area contributed by atoms with Gasteiger partial charge in [-0.15, -0.1) is 5.23 Å². The van der Waals surface area contributed by atoms with Crippen molar-refractivity contribution in [2.45, 2.75) is 0 Å². The maximum absolute atomic E-state index is 11.9. The van der Waals surface area contributed by atoms with Crippen LogP contribution in [-0.4, -0.2) is 16.4 Å². The molecule has 2 rings (SSSR count). The number of benzene rings is 2. The van der Waals surface area contributed by atoms with E-state index in [4.69, 9.17) is 22.0 Å². The third-order valence-electron chi connectivity index (χ3n) is 2.72. The number of nitrogens with one attached hydrogen (secondary N) is 2. The smallest absolute Gasteiger partial charge is 0.323 e. The molecule has 4 N–H and O–H groups in total. The second-order valence-corrected chi connectivity index (χ2v) is 4.75. The van der Waals surface area contributed by atoms with Gasteiger partial charge in [0, 0.05) is 11.4 Å². The average molecular weight is 339 g/mol. The van der Waals surface area contributed by atoms with Crippen LogP contribution in [0.25, 0.3) is 0 Å². The van der Waals surface area contributed by atoms with Gasteiger partial charge in [-0.1, -0.05) is 23.7 Å². The van der Waals surface area contributed by atoms with E-state index in [0.29, 0.717) is 10.7 Å². The van der Waals surface area contributed by atoms with Crippen LogP contribution in [0.3, 0.4) is 0 Å². The zero-order valence-electron chi connectivity index (χ0n) is 11.4. The van der Waals surface area contributed by atoms with Gasteiger partial charge in [0.15, 0.2) is 0 Å². The number of halogens is 1. The standard InChI is InChI=1S/C13H11ClN4O5/c14-11-3-1-2-4-12(11)16-13(19)15-8-5-9(17(20)21)7-10(6-8)18(22)23/h1-7,20-21H,(H2,15,16,19)/q-2. The Balaban J connectivity index is 2.18. The van der Waals surface area contributed by atoms with Crippen LogP contribution in [0, 0.1) is 10.4 Å². The van der Waals surface area contributed by atoms with Crippen molar-refractivity contribution in [2.75, 3.05) is 21.1 Å². The van der Waals surface area contributed by atoms with Crippen molar-refractivity contribution >= 4 is 40.4 Å². The lowest BCUT2D eigenvalue weighted by atomic mass is 10.2. The topological polar surface area (TPSA) is 134 Å². The van der Waals surface area contributed by atoms with Gasteiger partial charge in [0.2, 0.25) is 0 Å². The lowest BCUT2D eigenvalue weighted by Crippen LogP contribution is -2.20. The molecular weight excluding hydrogens is 328 g/mol. The zero-order chi connectivity index (χ0) is 17.0. The third-order valence-corrected chi connectivity index (χ3v) is 3.05. The molecule has 2 amide bonds. The summed E-state index contributed by atoms with van der Waals surface area (Å²) in [7, 11) is 0. The minimum absolute atomic E-state index is 0.00754. The van der Waals surface area contributed by atoms with Crippen molar-refractivity contribution in [1.29, 1.82) is 0 Å². The molecule has 0 unspecified atom stereocenters. The van der Waals surface area contributed by atoms with Gasteiger partial charge in [-0.2, -0.15) is 0 Å². The number of para-hydroxylation sites is 1. The molecule has 2 aromatic rings. The molecular formula is C13H11ClN4O5-2. The highest BCUT2D eigenvalue weighted by molar-refractivity contribution is 6.33. The van der Waals surface area contributed by atoms with Crippen molar-refractivity contribution in [2.24, 2.45) is 0 Å². The van der Waals surface area contributed by atoms with Crippen LogP contribution in [0.1, 0.15) is 0 Å². The molecule has 0 aliphatic heterocycles. The van der Waals surface area contributed by atoms with E-state index in [1.807, 2.05) is 0 Å². The SMILES string of the molecule is O=C(Nc1cc(N([O-])[O-])cc(N(O)O)c1)Nc1ccccc1Cl. The number of rotatable bonds is 4. The second kappa shape index (κ2) is 7.13. The average Bonchev–Trinajstić information content (AvgIpc) is 2.49. The van der Waals surface area contributed by atoms with Gasteiger partial charge in [0.25, 0.3) is 0 Å². The summed E-state index contributed by atoms with van der Waals surface area (Å²) < 4.78 is 0. The number of hydrogen-bond donors (Lipinski definition) is 4. The molecule has 0 aromatic heterocycles. The highest BCUT2D eigenvalue weighted by Crippen LogP contribution is 2.27. The number of amides is 2. The summed E-state index contributed by atoms with van der Waals surface area (Å²) in [6.45, 7) is 0. The van der Waals surface area contributed by atoms with Crippen LogP contribution >= 0.6 is 11.6 Å². The third kappa shape index (κ3) is 4.45. The van der Waals surface area contributed by atoms with E-state index >= 15 is 0 Å². The Labute approximate surface area is 135 Å². The number of urea groups is 1. The van der Waals surface area contributed by atoms with Crippen LogP contribution in [0.2, 0.25) is 5.02 Å². The summed E-state index contributed by atoms with van der Waals surface area (Å²) >= 11 is 5.90. The van der Waals surface area contributed by atoms with Crippen LogP contribution in [0.4, 0.5) is 27.5 Å². The van der Waals surface area contributed by atoms with Gasteiger partial charge in [0.05, 0.1) is 16.4 Å². The normalized spacial score (nSPS) is 10.1. The highest BCUT2D eigenvalue weighted by Gasteiger charge is 2.09. The predicted octanol–water partition coefficient (Wildman–Crippen LogP) is 3.37. The first-order valence-electron chi connectivity index (χ1n) is 6.16. The molecule has 23 heavy (non-hydrogen) atoms. The van der Waals surface area contributed by atoms with Crippen molar-refractivity contribution in [3.8, 4) is 0 Å². The van der Waals surface area contributed by atoms with E-state index in [1.165, 1.54) is 0 Å². The zero-order valence-corrected chi connectivity index (χ0v) is 12.2. The van der Waals surface area contributed by atoms with Crippen molar-refractivity contribution in [3.63, 3.8) is 0 Å². The van der Waals surface area contributed by atoms with Crippen molar-refractivity contribution < 1.29 is 15.2 Å². The van der Waals surface area contributed by atoms with Crippen LogP contribution in [0.5, 0.6) is 0 Å². The van der Waals surface area contributed by atoms with Gasteiger partial charge >= 0.3 is 6.03 Å². The Morgan fingerprint density at radius 3 is 2.30 bits per heavy atom. The van der Waals surface area contributed by atoms with Gasteiger partial charge in [-0.3, -0.25) is 10.4 Å². The fourth-order valence-corrected chi connectivity index (χ4v) is 1.92. The van der Waals surface area contributed by atoms with Gasteiger partial charge < -0.3 is 26.3 Å². The van der Waals surface area contributed by atoms with E-state index in [1.54, 1.807) is 24.3 Å². The van der Waals surface area contributed by atoms with Gasteiger partial charge in [-0.05, 0) is 30.3 Å². The molecule has 0 heterocycles. The minimum Gasteiger partial charge on any atom is -0.769 e. The number of anilines is 4. The van der Waals surface area contributed by atoms with Crippen LogP contribution in [0.15, 0.2) is 42.5 Å². The summed E-state index contributed by atoms with van der Waals surface area (Å²) in [5.41, 5.74) is -0.369. The largest absolute Gasteiger partial charge is 0.769 e. The summed E-state index contributed by atoms with van der Waals surface area (Å²) in [5.74, 6) is 0. The maximum Gasteiger partial charge on any atom is 0.323 e. The van der Waals surface area contributed by atoms with E-state index in [2.05, 4.69) is 10.6 Å². The van der Waals surface area contributed by atoms with Gasteiger partial charge in [0.1, 0.15) is 0 Å². The Kier molecular flexibility index (Phi) is 5.21. The Morgan fingerprint density at radius 1 is 1.04 bits per heavy atom. The Morgan fingerprint density at radius 2 is 1.70 bits per heavy atom. The lowest BCUT2D eigenvalue weighted by molar-refractivity contribution is 0.0292. The number of carbonyl (C=O) groups excluding carboxylic acids is 1. The highest BCUT2D eigenvalue weighted by atomic mass is 35.5.